The number of carbonyl (C=O) groups is 1. The van der Waals surface area contributed by atoms with Gasteiger partial charge in [0.2, 0.25) is 4.69 Å². The van der Waals surface area contributed by atoms with Gasteiger partial charge in [0.15, 0.2) is 0 Å². The summed E-state index contributed by atoms with van der Waals surface area (Å²) in [6.45, 7) is 0. The molecule has 1 atom stereocenters. The van der Waals surface area contributed by atoms with E-state index in [4.69, 9.17) is 0 Å². The van der Waals surface area contributed by atoms with Crippen LogP contribution in [0, 0.1) is 0 Å². The highest BCUT2D eigenvalue weighted by Gasteiger charge is 2.44. The van der Waals surface area contributed by atoms with Gasteiger partial charge in [0.1, 0.15) is 0 Å². The zero-order valence-electron chi connectivity index (χ0n) is 3.88. The molecule has 9 heavy (non-hydrogen) atoms. The van der Waals surface area contributed by atoms with Gasteiger partial charge in [-0.05, 0) is 15.9 Å². The summed E-state index contributed by atoms with van der Waals surface area (Å²) in [6.07, 6.45) is -8.49. The molecule has 0 N–H and O–H groups in total. The first-order valence-electron chi connectivity index (χ1n) is 1.76. The lowest BCUT2D eigenvalue weighted by Gasteiger charge is -2.05. The lowest BCUT2D eigenvalue weighted by Crippen LogP contribution is -2.29. The largest absolute Gasteiger partial charge is 0.427 e. The molecule has 0 aromatic carbocycles. The van der Waals surface area contributed by atoms with Gasteiger partial charge in [-0.15, -0.1) is 0 Å². The Hall–Kier alpha value is -0.130. The molecule has 0 saturated heterocycles. The maximum absolute atomic E-state index is 11.5. The molecular weight excluding hydrogens is 208 g/mol. The molecule has 0 radical (unpaired) electrons. The van der Waals surface area contributed by atoms with Crippen molar-refractivity contribution in [1.82, 2.24) is 0 Å². The monoisotopic (exact) mass is 208 g/mol. The Bertz CT molecular complexity index is 119. The molecule has 0 spiro atoms. The van der Waals surface area contributed by atoms with E-state index in [-0.39, 0.29) is 0 Å². The maximum atomic E-state index is 11.5. The van der Waals surface area contributed by atoms with Crippen LogP contribution >= 0.6 is 15.9 Å². The molecule has 0 heterocycles. The van der Waals surface area contributed by atoms with Crippen LogP contribution in [0.4, 0.5) is 17.6 Å². The quantitative estimate of drug-likeness (QED) is 0.475. The fraction of sp³-hybridized carbons (Fsp3) is 0.667. The molecule has 0 saturated carbocycles. The van der Waals surface area contributed by atoms with Crippen LogP contribution in [-0.2, 0) is 4.79 Å². The van der Waals surface area contributed by atoms with Crippen LogP contribution in [0.25, 0.3) is 0 Å². The molecule has 0 rings (SSSR count). The minimum Gasteiger partial charge on any atom is -0.283 e. The van der Waals surface area contributed by atoms with Gasteiger partial charge in [-0.2, -0.15) is 13.2 Å². The first-order valence-corrected chi connectivity index (χ1v) is 2.55. The Morgan fingerprint density at radius 1 is 1.44 bits per heavy atom. The Morgan fingerprint density at radius 2 is 1.78 bits per heavy atom. The first kappa shape index (κ1) is 8.87. The highest BCUT2D eigenvalue weighted by Crippen LogP contribution is 2.24. The Morgan fingerprint density at radius 3 is 1.78 bits per heavy atom. The zero-order chi connectivity index (χ0) is 7.65. The van der Waals surface area contributed by atoms with E-state index in [9.17, 15) is 22.4 Å². The average molecular weight is 209 g/mol. The fourth-order valence-corrected chi connectivity index (χ4v) is 0.388. The number of carbonyl (C=O) groups excluding carboxylic acids is 1. The number of rotatable bonds is 1. The lowest BCUT2D eigenvalue weighted by molar-refractivity contribution is -0.180. The van der Waals surface area contributed by atoms with Crippen molar-refractivity contribution in [3.05, 3.63) is 0 Å². The minimum absolute atomic E-state index is 1.70. The van der Waals surface area contributed by atoms with Crippen molar-refractivity contribution in [2.24, 2.45) is 0 Å². The molecule has 0 aliphatic heterocycles. The predicted molar refractivity (Wildman–Crippen MR) is 24.9 cm³/mol. The molecule has 0 aromatic rings. The van der Waals surface area contributed by atoms with Crippen molar-refractivity contribution in [1.29, 1.82) is 0 Å². The van der Waals surface area contributed by atoms with E-state index in [1.54, 1.807) is 0 Å². The second kappa shape index (κ2) is 2.64. The number of halogens is 5. The number of alkyl halides is 4. The van der Waals surface area contributed by atoms with Crippen LogP contribution in [0.3, 0.4) is 0 Å². The number of hydrogen-bond donors (Lipinski definition) is 0. The van der Waals surface area contributed by atoms with E-state index in [1.807, 2.05) is 15.9 Å². The SMILES string of the molecule is O=C(Br)C(F)C(F)(F)F. The van der Waals surface area contributed by atoms with Gasteiger partial charge in [-0.25, -0.2) is 4.39 Å². The van der Waals surface area contributed by atoms with Crippen LogP contribution in [0.5, 0.6) is 0 Å². The standard InChI is InChI=1S/C3HBrF4O/c4-2(9)1(5)3(6,7)8/h1H. The summed E-state index contributed by atoms with van der Waals surface area (Å²) in [5.74, 6) is 0. The van der Waals surface area contributed by atoms with Crippen molar-refractivity contribution in [3.63, 3.8) is 0 Å². The van der Waals surface area contributed by atoms with Crippen LogP contribution in [-0.4, -0.2) is 17.0 Å². The van der Waals surface area contributed by atoms with Crippen LogP contribution in [0.15, 0.2) is 0 Å². The normalized spacial score (nSPS) is 15.2. The third kappa shape index (κ3) is 2.78. The van der Waals surface area contributed by atoms with Crippen LogP contribution in [0.2, 0.25) is 0 Å². The molecule has 54 valence electrons. The van der Waals surface area contributed by atoms with Gasteiger partial charge in [-0.3, -0.25) is 4.79 Å². The molecule has 1 nitrogen and oxygen atoms in total. The maximum Gasteiger partial charge on any atom is 0.427 e. The molecule has 0 amide bonds. The predicted octanol–water partition coefficient (Wildman–Crippen LogP) is 1.81. The van der Waals surface area contributed by atoms with E-state index in [0.29, 0.717) is 0 Å². The summed E-state index contributed by atoms with van der Waals surface area (Å²) in [7, 11) is 0. The molecule has 0 aliphatic carbocycles. The van der Waals surface area contributed by atoms with Crippen molar-refractivity contribution < 1.29 is 22.4 Å². The minimum atomic E-state index is -5.08. The van der Waals surface area contributed by atoms with Gasteiger partial charge in [0.05, 0.1) is 0 Å². The molecule has 0 bridgehead atoms. The Labute approximate surface area is 56.2 Å². The van der Waals surface area contributed by atoms with Crippen LogP contribution in [0.1, 0.15) is 0 Å². The van der Waals surface area contributed by atoms with Gasteiger partial charge in [0, 0.05) is 0 Å². The average Bonchev–Trinajstić information content (AvgIpc) is 1.62. The van der Waals surface area contributed by atoms with Crippen molar-refractivity contribution in [3.8, 4) is 0 Å². The summed E-state index contributed by atoms with van der Waals surface area (Å²) in [6, 6.07) is 0. The smallest absolute Gasteiger partial charge is 0.283 e. The highest BCUT2D eigenvalue weighted by molar-refractivity contribution is 9.18. The molecule has 0 aromatic heterocycles. The molecule has 6 heteroatoms. The van der Waals surface area contributed by atoms with Gasteiger partial charge in [0.25, 0.3) is 6.17 Å². The van der Waals surface area contributed by atoms with E-state index >= 15 is 0 Å². The van der Waals surface area contributed by atoms with E-state index in [2.05, 4.69) is 0 Å². The summed E-state index contributed by atoms with van der Waals surface area (Å²) in [4.78, 5) is 9.61. The van der Waals surface area contributed by atoms with Gasteiger partial charge in [-0.1, -0.05) is 0 Å². The summed E-state index contributed by atoms with van der Waals surface area (Å²) >= 11 is 1.84. The lowest BCUT2D eigenvalue weighted by atomic mass is 10.4. The second-order valence-corrected chi connectivity index (χ2v) is 1.99. The zero-order valence-corrected chi connectivity index (χ0v) is 5.46. The topological polar surface area (TPSA) is 17.1 Å². The summed E-state index contributed by atoms with van der Waals surface area (Å²) < 4.78 is 43.0. The second-order valence-electron chi connectivity index (χ2n) is 1.21. The number of hydrogen-bond acceptors (Lipinski definition) is 1. The highest BCUT2D eigenvalue weighted by atomic mass is 79.9. The Balaban J connectivity index is 4.04. The van der Waals surface area contributed by atoms with Gasteiger partial charge >= 0.3 is 6.18 Å². The van der Waals surface area contributed by atoms with E-state index < -0.39 is 17.0 Å². The summed E-state index contributed by atoms with van der Waals surface area (Å²) in [5.41, 5.74) is 0. The molecular formula is C3HBrF4O. The van der Waals surface area contributed by atoms with E-state index in [0.717, 1.165) is 0 Å². The Kier molecular flexibility index (Phi) is 2.60. The first-order chi connectivity index (χ1) is 3.85. The van der Waals surface area contributed by atoms with Crippen LogP contribution < -0.4 is 0 Å². The van der Waals surface area contributed by atoms with E-state index in [1.165, 1.54) is 0 Å². The fourth-order valence-electron chi connectivity index (χ4n) is 0.129. The molecule has 0 aliphatic rings. The third-order valence-electron chi connectivity index (χ3n) is 0.487. The van der Waals surface area contributed by atoms with Gasteiger partial charge < -0.3 is 0 Å². The van der Waals surface area contributed by atoms with Crippen molar-refractivity contribution in [2.45, 2.75) is 12.3 Å². The molecule has 0 fully saturated rings. The molecule has 1 unspecified atom stereocenters. The van der Waals surface area contributed by atoms with Crippen molar-refractivity contribution in [2.75, 3.05) is 0 Å². The summed E-state index contributed by atoms with van der Waals surface area (Å²) in [5, 5.41) is 0. The van der Waals surface area contributed by atoms with Crippen molar-refractivity contribution >= 4 is 20.6 Å². The third-order valence-corrected chi connectivity index (χ3v) is 0.889.